The van der Waals surface area contributed by atoms with E-state index in [1.54, 1.807) is 0 Å². The first-order chi connectivity index (χ1) is 15.2. The van der Waals surface area contributed by atoms with E-state index in [0.29, 0.717) is 12.6 Å². The summed E-state index contributed by atoms with van der Waals surface area (Å²) < 4.78 is 6.88. The number of rotatable bonds is 8. The summed E-state index contributed by atoms with van der Waals surface area (Å²) in [7, 11) is 2.09. The monoisotopic (exact) mass is 430 g/mol. The van der Waals surface area contributed by atoms with Crippen molar-refractivity contribution in [2.75, 3.05) is 7.05 Å². The van der Waals surface area contributed by atoms with Crippen LogP contribution in [0.4, 0.5) is 0 Å². The Balaban J connectivity index is 1.31. The molecular formula is C24H26N6S. The molecule has 0 atom stereocenters. The van der Waals surface area contributed by atoms with Crippen LogP contribution in [0.3, 0.4) is 0 Å². The maximum atomic E-state index is 5.83. The highest BCUT2D eigenvalue weighted by molar-refractivity contribution is 7.71. The second kappa shape index (κ2) is 8.61. The molecule has 4 aromatic rings. The van der Waals surface area contributed by atoms with Gasteiger partial charge in [0.2, 0.25) is 0 Å². The van der Waals surface area contributed by atoms with Crippen molar-refractivity contribution in [3.05, 3.63) is 94.8 Å². The average molecular weight is 431 g/mol. The Morgan fingerprint density at radius 3 is 2.42 bits per heavy atom. The molecule has 0 radical (unpaired) electrons. The van der Waals surface area contributed by atoms with E-state index in [2.05, 4.69) is 64.2 Å². The minimum atomic E-state index is 0.543. The zero-order valence-corrected chi connectivity index (χ0v) is 18.4. The molecule has 0 amide bonds. The average Bonchev–Trinajstić information content (AvgIpc) is 3.47. The first-order valence-electron chi connectivity index (χ1n) is 10.7. The lowest BCUT2D eigenvalue weighted by atomic mass is 10.2. The molecule has 0 aliphatic heterocycles. The van der Waals surface area contributed by atoms with Crippen LogP contribution in [0.15, 0.2) is 73.1 Å². The molecule has 0 bridgehead atoms. The molecular weight excluding hydrogens is 404 g/mol. The van der Waals surface area contributed by atoms with Gasteiger partial charge >= 0.3 is 0 Å². The summed E-state index contributed by atoms with van der Waals surface area (Å²) in [6, 6.07) is 20.6. The van der Waals surface area contributed by atoms with Gasteiger partial charge in [-0.1, -0.05) is 48.5 Å². The molecule has 1 saturated carbocycles. The van der Waals surface area contributed by atoms with Gasteiger partial charge in [-0.2, -0.15) is 10.2 Å². The summed E-state index contributed by atoms with van der Waals surface area (Å²) in [5.74, 6) is 1.67. The Labute approximate surface area is 187 Å². The van der Waals surface area contributed by atoms with Crippen LogP contribution in [0.2, 0.25) is 0 Å². The minimum absolute atomic E-state index is 0.543. The molecule has 6 nitrogen and oxygen atoms in total. The summed E-state index contributed by atoms with van der Waals surface area (Å²) in [5, 5.41) is 9.42. The van der Waals surface area contributed by atoms with Gasteiger partial charge in [0.25, 0.3) is 0 Å². The minimum Gasteiger partial charge on any atom is -0.299 e. The second-order valence-electron chi connectivity index (χ2n) is 8.27. The van der Waals surface area contributed by atoms with Crippen LogP contribution < -0.4 is 0 Å². The number of benzene rings is 2. The second-order valence-corrected chi connectivity index (χ2v) is 8.64. The topological polar surface area (TPSA) is 43.8 Å². The molecule has 1 aliphatic rings. The van der Waals surface area contributed by atoms with Crippen LogP contribution >= 0.6 is 12.2 Å². The first kappa shape index (κ1) is 19.9. The summed E-state index contributed by atoms with van der Waals surface area (Å²) in [6.45, 7) is 2.20. The molecule has 0 unspecified atom stereocenters. The predicted molar refractivity (Wildman–Crippen MR) is 124 cm³/mol. The maximum absolute atomic E-state index is 5.83. The molecule has 2 aromatic carbocycles. The van der Waals surface area contributed by atoms with Gasteiger partial charge in [-0.3, -0.25) is 9.47 Å². The van der Waals surface area contributed by atoms with Gasteiger partial charge in [0.15, 0.2) is 4.77 Å². The van der Waals surface area contributed by atoms with Gasteiger partial charge in [-0.25, -0.2) is 9.36 Å². The van der Waals surface area contributed by atoms with Gasteiger partial charge in [0.05, 0.1) is 25.1 Å². The van der Waals surface area contributed by atoms with E-state index in [4.69, 9.17) is 17.3 Å². The van der Waals surface area contributed by atoms with Crippen LogP contribution in [0.1, 0.15) is 35.7 Å². The third kappa shape index (κ3) is 4.52. The molecule has 158 valence electrons. The van der Waals surface area contributed by atoms with Crippen molar-refractivity contribution in [2.24, 2.45) is 0 Å². The number of nitrogens with zero attached hydrogens (tertiary/aromatic N) is 6. The molecule has 0 N–H and O–H groups in total. The van der Waals surface area contributed by atoms with Crippen molar-refractivity contribution in [3.8, 4) is 5.69 Å². The molecule has 0 saturated heterocycles. The van der Waals surface area contributed by atoms with E-state index < -0.39 is 0 Å². The molecule has 1 fully saturated rings. The van der Waals surface area contributed by atoms with E-state index in [1.807, 2.05) is 39.8 Å². The van der Waals surface area contributed by atoms with Crippen molar-refractivity contribution in [1.29, 1.82) is 0 Å². The van der Waals surface area contributed by atoms with Gasteiger partial charge in [-0.05, 0) is 49.8 Å². The fourth-order valence-corrected chi connectivity index (χ4v) is 4.12. The van der Waals surface area contributed by atoms with Crippen LogP contribution in [0, 0.1) is 4.77 Å². The van der Waals surface area contributed by atoms with Crippen LogP contribution in [0.25, 0.3) is 5.69 Å². The zero-order valence-electron chi connectivity index (χ0n) is 17.6. The standard InChI is InChI=1S/C24H26N6S/c1-27(15-20-14-25-29(17-20)22-10-6-3-7-11-22)18-30-24(31)28(23(26-30)21-12-13-21)16-19-8-4-2-5-9-19/h2-11,14,17,21H,12-13,15-16,18H2,1H3. The summed E-state index contributed by atoms with van der Waals surface area (Å²) in [5.41, 5.74) is 3.47. The van der Waals surface area contributed by atoms with Crippen molar-refractivity contribution >= 4 is 12.2 Å². The summed E-state index contributed by atoms with van der Waals surface area (Å²) in [4.78, 5) is 2.22. The van der Waals surface area contributed by atoms with Crippen molar-refractivity contribution in [2.45, 2.75) is 38.5 Å². The Morgan fingerprint density at radius 1 is 1.00 bits per heavy atom. The molecule has 7 heteroatoms. The number of aromatic nitrogens is 5. The maximum Gasteiger partial charge on any atom is 0.199 e. The van der Waals surface area contributed by atoms with E-state index in [9.17, 15) is 0 Å². The molecule has 31 heavy (non-hydrogen) atoms. The SMILES string of the molecule is CN(Cc1cnn(-c2ccccc2)c1)Cn1nc(C2CC2)n(Cc2ccccc2)c1=S. The van der Waals surface area contributed by atoms with Crippen molar-refractivity contribution < 1.29 is 0 Å². The van der Waals surface area contributed by atoms with Gasteiger partial charge < -0.3 is 0 Å². The normalized spacial score (nSPS) is 13.7. The quantitative estimate of drug-likeness (QED) is 0.383. The van der Waals surface area contributed by atoms with Gasteiger partial charge in [0.1, 0.15) is 5.82 Å². The van der Waals surface area contributed by atoms with E-state index >= 15 is 0 Å². The Kier molecular flexibility index (Phi) is 5.53. The van der Waals surface area contributed by atoms with Crippen LogP contribution in [-0.2, 0) is 19.8 Å². The van der Waals surface area contributed by atoms with Crippen molar-refractivity contribution in [1.82, 2.24) is 29.0 Å². The molecule has 5 rings (SSSR count). The highest BCUT2D eigenvalue weighted by Gasteiger charge is 2.30. The van der Waals surface area contributed by atoms with E-state index in [0.717, 1.165) is 34.9 Å². The third-order valence-electron chi connectivity index (χ3n) is 5.56. The molecule has 2 heterocycles. The Bertz CT molecular complexity index is 1200. The number of para-hydroxylation sites is 1. The van der Waals surface area contributed by atoms with E-state index in [1.165, 1.54) is 18.4 Å². The fraction of sp³-hybridized carbons (Fsp3) is 0.292. The van der Waals surface area contributed by atoms with E-state index in [-0.39, 0.29) is 0 Å². The highest BCUT2D eigenvalue weighted by Crippen LogP contribution is 2.39. The largest absolute Gasteiger partial charge is 0.299 e. The smallest absolute Gasteiger partial charge is 0.199 e. The van der Waals surface area contributed by atoms with Crippen LogP contribution in [-0.4, -0.2) is 36.1 Å². The lowest BCUT2D eigenvalue weighted by Gasteiger charge is -2.15. The summed E-state index contributed by atoms with van der Waals surface area (Å²) in [6.07, 6.45) is 6.41. The Hall–Kier alpha value is -3.03. The van der Waals surface area contributed by atoms with Crippen molar-refractivity contribution in [3.63, 3.8) is 0 Å². The Morgan fingerprint density at radius 2 is 1.71 bits per heavy atom. The van der Waals surface area contributed by atoms with Gasteiger partial charge in [0, 0.05) is 24.2 Å². The first-order valence-corrected chi connectivity index (χ1v) is 11.1. The molecule has 2 aromatic heterocycles. The third-order valence-corrected chi connectivity index (χ3v) is 5.99. The summed E-state index contributed by atoms with van der Waals surface area (Å²) >= 11 is 5.83. The van der Waals surface area contributed by atoms with Crippen LogP contribution in [0.5, 0.6) is 0 Å². The lowest BCUT2D eigenvalue weighted by molar-refractivity contribution is 0.243. The molecule has 1 aliphatic carbocycles. The highest BCUT2D eigenvalue weighted by atomic mass is 32.1. The number of hydrogen-bond donors (Lipinski definition) is 0. The fourth-order valence-electron chi connectivity index (χ4n) is 3.86. The lowest BCUT2D eigenvalue weighted by Crippen LogP contribution is -2.22. The number of hydrogen-bond acceptors (Lipinski definition) is 4. The zero-order chi connectivity index (χ0) is 21.2. The van der Waals surface area contributed by atoms with Gasteiger partial charge in [-0.15, -0.1) is 0 Å². The molecule has 0 spiro atoms. The predicted octanol–water partition coefficient (Wildman–Crippen LogP) is 4.61.